The molecule has 0 unspecified atom stereocenters. The van der Waals surface area contributed by atoms with Crippen molar-refractivity contribution in [1.82, 2.24) is 25.1 Å². The van der Waals surface area contributed by atoms with Crippen molar-refractivity contribution in [1.29, 1.82) is 0 Å². The van der Waals surface area contributed by atoms with Gasteiger partial charge in [0.1, 0.15) is 17.7 Å². The molecule has 1 aliphatic heterocycles. The van der Waals surface area contributed by atoms with Crippen LogP contribution in [0.4, 0.5) is 4.39 Å². The molecule has 38 heavy (non-hydrogen) atoms. The summed E-state index contributed by atoms with van der Waals surface area (Å²) in [6, 6.07) is 9.00. The van der Waals surface area contributed by atoms with Gasteiger partial charge in [0.25, 0.3) is 0 Å². The Labute approximate surface area is 230 Å². The third-order valence-corrected chi connectivity index (χ3v) is 7.49. The highest BCUT2D eigenvalue weighted by molar-refractivity contribution is 6.35. The summed E-state index contributed by atoms with van der Waals surface area (Å²) in [7, 11) is 0. The van der Waals surface area contributed by atoms with Crippen LogP contribution in [-0.2, 0) is 6.54 Å². The fraction of sp³-hybridized carbons (Fsp3) is 0.321. The number of halogens is 3. The Balaban J connectivity index is 1.30. The van der Waals surface area contributed by atoms with E-state index in [1.165, 1.54) is 18.5 Å². The second-order valence-corrected chi connectivity index (χ2v) is 10.3. The highest BCUT2D eigenvalue weighted by Gasteiger charge is 2.19. The van der Waals surface area contributed by atoms with E-state index in [1.807, 2.05) is 13.0 Å². The summed E-state index contributed by atoms with van der Waals surface area (Å²) >= 11 is 12.5. The average molecular weight is 556 g/mol. The van der Waals surface area contributed by atoms with Gasteiger partial charge in [0, 0.05) is 54.3 Å². The average Bonchev–Trinajstić information content (AvgIpc) is 3.31. The number of nitrogens with zero attached hydrogens (tertiary/aromatic N) is 4. The number of rotatable bonds is 8. The molecule has 10 heteroatoms. The molecule has 198 valence electrons. The van der Waals surface area contributed by atoms with Crippen molar-refractivity contribution in [3.8, 4) is 5.75 Å². The molecular weight excluding hydrogens is 528 g/mol. The molecule has 1 saturated heterocycles. The summed E-state index contributed by atoms with van der Waals surface area (Å²) in [6.45, 7) is 4.68. The lowest BCUT2D eigenvalue weighted by atomic mass is 9.98. The van der Waals surface area contributed by atoms with Gasteiger partial charge in [0.05, 0.1) is 26.9 Å². The van der Waals surface area contributed by atoms with Crippen LogP contribution in [0.15, 0.2) is 48.9 Å². The topological polar surface area (TPSA) is 87.2 Å². The predicted octanol–water partition coefficient (Wildman–Crippen LogP) is 6.47. The minimum absolute atomic E-state index is 0.251. The number of aromatic nitrogens is 4. The van der Waals surface area contributed by atoms with Gasteiger partial charge in [0.2, 0.25) is 0 Å². The van der Waals surface area contributed by atoms with Gasteiger partial charge in [-0.1, -0.05) is 23.2 Å². The fourth-order valence-corrected chi connectivity index (χ4v) is 5.36. The van der Waals surface area contributed by atoms with Crippen LogP contribution >= 0.6 is 23.2 Å². The summed E-state index contributed by atoms with van der Waals surface area (Å²) < 4.78 is 21.3. The van der Waals surface area contributed by atoms with Crippen molar-refractivity contribution < 1.29 is 14.2 Å². The third-order valence-electron chi connectivity index (χ3n) is 6.89. The number of nitrogens with one attached hydrogen (secondary N) is 1. The SMILES string of the molecule is C[C@@H](Oc1ccc2n[nH]c(/C=C(\F)c3ccc(CN4CCC(CO)CC4)nc3)c2c1)c1c(Cl)cncc1Cl. The van der Waals surface area contributed by atoms with Gasteiger partial charge in [-0.15, -0.1) is 0 Å². The number of likely N-dealkylation sites (tertiary alicyclic amines) is 1. The lowest BCUT2D eigenvalue weighted by molar-refractivity contribution is 0.126. The second-order valence-electron chi connectivity index (χ2n) is 9.53. The van der Waals surface area contributed by atoms with Gasteiger partial charge in [-0.3, -0.25) is 20.0 Å². The van der Waals surface area contributed by atoms with Gasteiger partial charge in [0.15, 0.2) is 0 Å². The van der Waals surface area contributed by atoms with Gasteiger partial charge in [-0.05, 0) is 69.1 Å². The van der Waals surface area contributed by atoms with Crippen LogP contribution in [0.1, 0.15) is 48.4 Å². The molecule has 0 spiro atoms. The molecular formula is C28H28Cl2FN5O2. The molecule has 0 saturated carbocycles. The monoisotopic (exact) mass is 555 g/mol. The van der Waals surface area contributed by atoms with E-state index < -0.39 is 11.9 Å². The summed E-state index contributed by atoms with van der Waals surface area (Å²) in [5.74, 6) is 0.539. The molecule has 4 heterocycles. The van der Waals surface area contributed by atoms with Crippen molar-refractivity contribution in [2.45, 2.75) is 32.4 Å². The minimum atomic E-state index is -0.427. The van der Waals surface area contributed by atoms with Crippen LogP contribution < -0.4 is 4.74 Å². The molecule has 1 fully saturated rings. The van der Waals surface area contributed by atoms with Crippen molar-refractivity contribution in [2.24, 2.45) is 5.92 Å². The Kier molecular flexibility index (Phi) is 8.24. The van der Waals surface area contributed by atoms with Gasteiger partial charge in [-0.25, -0.2) is 4.39 Å². The lowest BCUT2D eigenvalue weighted by Crippen LogP contribution is -2.34. The van der Waals surface area contributed by atoms with E-state index in [-0.39, 0.29) is 6.61 Å². The zero-order valence-electron chi connectivity index (χ0n) is 20.9. The Morgan fingerprint density at radius 3 is 2.63 bits per heavy atom. The molecule has 1 atom stereocenters. The van der Waals surface area contributed by atoms with Crippen LogP contribution in [0.3, 0.4) is 0 Å². The first-order chi connectivity index (χ1) is 18.4. The number of fused-ring (bicyclic) bond motifs is 1. The van der Waals surface area contributed by atoms with Gasteiger partial charge in [-0.2, -0.15) is 5.10 Å². The zero-order valence-corrected chi connectivity index (χ0v) is 22.4. The molecule has 0 aliphatic carbocycles. The van der Waals surface area contributed by atoms with E-state index in [4.69, 9.17) is 27.9 Å². The Hall–Kier alpha value is -3.04. The highest BCUT2D eigenvalue weighted by atomic mass is 35.5. The van der Waals surface area contributed by atoms with E-state index in [2.05, 4.69) is 25.1 Å². The molecule has 3 aromatic heterocycles. The fourth-order valence-electron chi connectivity index (χ4n) is 4.69. The predicted molar refractivity (Wildman–Crippen MR) is 148 cm³/mol. The molecule has 0 amide bonds. The van der Waals surface area contributed by atoms with Crippen molar-refractivity contribution in [3.05, 3.63) is 81.5 Å². The van der Waals surface area contributed by atoms with Gasteiger partial charge >= 0.3 is 0 Å². The first-order valence-electron chi connectivity index (χ1n) is 12.5. The maximum absolute atomic E-state index is 15.2. The summed E-state index contributed by atoms with van der Waals surface area (Å²) in [5.41, 5.74) is 3.13. The van der Waals surface area contributed by atoms with Crippen LogP contribution in [0.5, 0.6) is 5.75 Å². The summed E-state index contributed by atoms with van der Waals surface area (Å²) in [5, 5.41) is 18.1. The second kappa shape index (κ2) is 11.8. The third kappa shape index (κ3) is 5.99. The van der Waals surface area contributed by atoms with Crippen LogP contribution in [0.2, 0.25) is 10.0 Å². The van der Waals surface area contributed by atoms with E-state index >= 15 is 4.39 Å². The lowest BCUT2D eigenvalue weighted by Gasteiger charge is -2.30. The highest BCUT2D eigenvalue weighted by Crippen LogP contribution is 2.34. The Morgan fingerprint density at radius 1 is 1.18 bits per heavy atom. The van der Waals surface area contributed by atoms with Crippen molar-refractivity contribution in [2.75, 3.05) is 19.7 Å². The molecule has 1 aromatic carbocycles. The molecule has 7 nitrogen and oxygen atoms in total. The minimum Gasteiger partial charge on any atom is -0.486 e. The van der Waals surface area contributed by atoms with Crippen molar-refractivity contribution in [3.63, 3.8) is 0 Å². The Morgan fingerprint density at radius 2 is 1.95 bits per heavy atom. The standard InChI is InChI=1S/C28H28Cl2FN5O2/c1-17(28-23(29)13-32-14-24(28)30)38-21-4-5-26-22(10-21)27(35-34-26)11-25(31)19-2-3-20(33-12-19)15-36-8-6-18(16-37)7-9-36/h2-5,10-14,17-18,37H,6-9,15-16H2,1H3,(H,34,35)/b25-11-/t17-/m1/s1. The number of aliphatic hydroxyl groups excluding tert-OH is 1. The largest absolute Gasteiger partial charge is 0.486 e. The first kappa shape index (κ1) is 26.6. The zero-order chi connectivity index (χ0) is 26.6. The molecule has 1 aliphatic rings. The number of hydrogen-bond donors (Lipinski definition) is 2. The number of H-pyrrole nitrogens is 1. The number of piperidine rings is 1. The smallest absolute Gasteiger partial charge is 0.134 e. The summed E-state index contributed by atoms with van der Waals surface area (Å²) in [6.07, 6.45) is 7.56. The number of ether oxygens (including phenoxy) is 1. The molecule has 4 aromatic rings. The van der Waals surface area contributed by atoms with Crippen molar-refractivity contribution >= 4 is 46.0 Å². The molecule has 2 N–H and O–H groups in total. The van der Waals surface area contributed by atoms with Crippen LogP contribution in [0, 0.1) is 5.92 Å². The van der Waals surface area contributed by atoms with Crippen LogP contribution in [0.25, 0.3) is 22.8 Å². The van der Waals surface area contributed by atoms with E-state index in [1.54, 1.807) is 30.5 Å². The summed E-state index contributed by atoms with van der Waals surface area (Å²) in [4.78, 5) is 10.8. The Bertz CT molecular complexity index is 1410. The van der Waals surface area contributed by atoms with E-state index in [0.29, 0.717) is 56.0 Å². The van der Waals surface area contributed by atoms with E-state index in [9.17, 15) is 5.11 Å². The maximum atomic E-state index is 15.2. The van der Waals surface area contributed by atoms with Gasteiger partial charge < -0.3 is 9.84 Å². The number of aromatic amines is 1. The molecule has 0 radical (unpaired) electrons. The molecule has 5 rings (SSSR count). The first-order valence-corrected chi connectivity index (χ1v) is 13.3. The van der Waals surface area contributed by atoms with E-state index in [0.717, 1.165) is 31.6 Å². The quantitative estimate of drug-likeness (QED) is 0.259. The maximum Gasteiger partial charge on any atom is 0.134 e. The normalized spacial score (nSPS) is 16.2. The molecule has 0 bridgehead atoms. The number of benzene rings is 1. The number of aliphatic hydroxyl groups is 1. The number of pyridine rings is 2. The number of hydrogen-bond acceptors (Lipinski definition) is 6. The van der Waals surface area contributed by atoms with Crippen LogP contribution in [-0.4, -0.2) is 49.9 Å².